The normalized spacial score (nSPS) is 10.7. The second-order valence-electron chi connectivity index (χ2n) is 12.5. The summed E-state index contributed by atoms with van der Waals surface area (Å²) in [5.41, 5.74) is 12.5. The molecule has 2 aromatic heterocycles. The van der Waals surface area contributed by atoms with Crippen LogP contribution in [0.25, 0.3) is 33.0 Å². The zero-order chi connectivity index (χ0) is 43.8. The zero-order valence-corrected chi connectivity index (χ0v) is 35.5. The standard InChI is InChI=1S/C25H20F2N2O4S.C18H13BrF2N2O3S/c1-31-16-7-3-14(4-8-16)23-24(15-5-9-17(32-2)10-6-15)34-20(29-23)13-33-19-12-11-18(26)21(22(19)27)25(28)30;1-25-10-4-2-9(3-5-10)16-17(19)27-13(23-16)8-26-12-7-6-11(20)14(15(12)21)18(22)24/h3-12H,13H2,1-2H3,(H2,28,30);2-7H,8H2,1H3,(H2,22,24). The highest BCUT2D eigenvalue weighted by Gasteiger charge is 2.22. The first-order valence-electron chi connectivity index (χ1n) is 17.7. The topological polar surface area (TPSA) is 158 Å². The highest BCUT2D eigenvalue weighted by atomic mass is 79.9. The Morgan fingerprint density at radius 1 is 0.557 bits per heavy atom. The van der Waals surface area contributed by atoms with E-state index in [2.05, 4.69) is 20.9 Å². The Morgan fingerprint density at radius 2 is 0.934 bits per heavy atom. The van der Waals surface area contributed by atoms with Crippen molar-refractivity contribution in [3.05, 3.63) is 145 Å². The molecule has 0 radical (unpaired) electrons. The first kappa shape index (κ1) is 44.1. The van der Waals surface area contributed by atoms with Gasteiger partial charge in [0.15, 0.2) is 23.1 Å². The number of aromatic nitrogens is 2. The van der Waals surface area contributed by atoms with Gasteiger partial charge < -0.3 is 35.2 Å². The van der Waals surface area contributed by atoms with Gasteiger partial charge in [-0.1, -0.05) is 0 Å². The van der Waals surface area contributed by atoms with Crippen LogP contribution in [-0.2, 0) is 13.2 Å². The van der Waals surface area contributed by atoms with E-state index < -0.39 is 46.2 Å². The molecule has 0 atom stereocenters. The molecule has 0 fully saturated rings. The molecule has 0 bridgehead atoms. The molecule has 0 spiro atoms. The minimum atomic E-state index is -1.21. The van der Waals surface area contributed by atoms with Crippen LogP contribution < -0.4 is 35.2 Å². The second-order valence-corrected chi connectivity index (χ2v) is 16.0. The van der Waals surface area contributed by atoms with Gasteiger partial charge in [0, 0.05) is 11.1 Å². The number of hydrogen-bond donors (Lipinski definition) is 2. The molecule has 0 aliphatic rings. The molecule has 7 aromatic rings. The van der Waals surface area contributed by atoms with Crippen LogP contribution in [0.2, 0.25) is 0 Å². The minimum Gasteiger partial charge on any atom is -0.497 e. The molecule has 2 heterocycles. The van der Waals surface area contributed by atoms with Gasteiger partial charge in [0.2, 0.25) is 0 Å². The lowest BCUT2D eigenvalue weighted by atomic mass is 10.1. The predicted octanol–water partition coefficient (Wildman–Crippen LogP) is 9.99. The van der Waals surface area contributed by atoms with E-state index in [9.17, 15) is 27.2 Å². The fraction of sp³-hybridized carbons (Fsp3) is 0.116. The number of halogens is 5. The van der Waals surface area contributed by atoms with Gasteiger partial charge in [0.05, 0.1) is 41.4 Å². The van der Waals surface area contributed by atoms with Crippen molar-refractivity contribution in [2.45, 2.75) is 13.2 Å². The summed E-state index contributed by atoms with van der Waals surface area (Å²) in [4.78, 5) is 32.6. The van der Waals surface area contributed by atoms with E-state index in [1.807, 2.05) is 72.8 Å². The van der Waals surface area contributed by atoms with Gasteiger partial charge in [-0.05, 0) is 119 Å². The number of nitrogens with two attached hydrogens (primary N) is 2. The third-order valence-electron chi connectivity index (χ3n) is 8.69. The maximum absolute atomic E-state index is 14.5. The quantitative estimate of drug-likeness (QED) is 0.101. The van der Waals surface area contributed by atoms with Gasteiger partial charge in [-0.3, -0.25) is 9.59 Å². The number of methoxy groups -OCH3 is 3. The molecule has 0 aliphatic heterocycles. The highest BCUT2D eigenvalue weighted by Crippen LogP contribution is 2.39. The van der Waals surface area contributed by atoms with E-state index in [-0.39, 0.29) is 24.7 Å². The molecule has 314 valence electrons. The van der Waals surface area contributed by atoms with Crippen molar-refractivity contribution in [2.24, 2.45) is 11.5 Å². The predicted molar refractivity (Wildman–Crippen MR) is 226 cm³/mol. The average Bonchev–Trinajstić information content (AvgIpc) is 3.86. The number of thiazole rings is 2. The van der Waals surface area contributed by atoms with E-state index in [1.54, 1.807) is 21.3 Å². The van der Waals surface area contributed by atoms with Crippen LogP contribution in [0.1, 0.15) is 30.7 Å². The van der Waals surface area contributed by atoms with Gasteiger partial charge in [-0.2, -0.15) is 0 Å². The van der Waals surface area contributed by atoms with Gasteiger partial charge in [-0.25, -0.2) is 27.5 Å². The molecule has 0 saturated heterocycles. The molecule has 5 aromatic carbocycles. The number of carbonyl (C=O) groups excluding carboxylic acids is 2. The van der Waals surface area contributed by atoms with Gasteiger partial charge in [0.25, 0.3) is 11.8 Å². The zero-order valence-electron chi connectivity index (χ0n) is 32.3. The minimum absolute atomic E-state index is 0.0554. The van der Waals surface area contributed by atoms with Crippen molar-refractivity contribution in [3.8, 4) is 61.7 Å². The molecule has 7 rings (SSSR count). The third-order valence-corrected chi connectivity index (χ3v) is 11.4. The van der Waals surface area contributed by atoms with E-state index in [4.69, 9.17) is 40.1 Å². The maximum Gasteiger partial charge on any atom is 0.254 e. The fourth-order valence-electron chi connectivity index (χ4n) is 5.66. The maximum atomic E-state index is 14.5. The lowest BCUT2D eigenvalue weighted by Gasteiger charge is -2.08. The first-order valence-corrected chi connectivity index (χ1v) is 20.1. The number of hydrogen-bond acceptors (Lipinski definition) is 11. The smallest absolute Gasteiger partial charge is 0.254 e. The number of nitrogens with zero attached hydrogens (tertiary/aromatic N) is 2. The lowest BCUT2D eigenvalue weighted by Crippen LogP contribution is -2.16. The van der Waals surface area contributed by atoms with Crippen LogP contribution in [0, 0.1) is 23.3 Å². The Morgan fingerprint density at radius 3 is 1.34 bits per heavy atom. The van der Waals surface area contributed by atoms with Gasteiger partial charge in [0.1, 0.15) is 63.2 Å². The summed E-state index contributed by atoms with van der Waals surface area (Å²) < 4.78 is 83.3. The molecule has 0 aliphatic carbocycles. The summed E-state index contributed by atoms with van der Waals surface area (Å²) in [5.74, 6) is -5.17. The van der Waals surface area contributed by atoms with Crippen LogP contribution in [0.3, 0.4) is 0 Å². The van der Waals surface area contributed by atoms with E-state index in [0.717, 1.165) is 61.1 Å². The molecule has 0 saturated carbocycles. The summed E-state index contributed by atoms with van der Waals surface area (Å²) in [6.07, 6.45) is 0. The van der Waals surface area contributed by atoms with Crippen LogP contribution in [-0.4, -0.2) is 43.1 Å². The van der Waals surface area contributed by atoms with Crippen molar-refractivity contribution < 1.29 is 50.8 Å². The Labute approximate surface area is 362 Å². The molecule has 0 unspecified atom stereocenters. The van der Waals surface area contributed by atoms with Gasteiger partial charge in [-0.15, -0.1) is 22.7 Å². The number of benzene rings is 5. The van der Waals surface area contributed by atoms with Crippen molar-refractivity contribution >= 4 is 50.4 Å². The molecule has 4 N–H and O–H groups in total. The van der Waals surface area contributed by atoms with Gasteiger partial charge >= 0.3 is 0 Å². The van der Waals surface area contributed by atoms with Crippen LogP contribution in [0.15, 0.2) is 101 Å². The van der Waals surface area contributed by atoms with E-state index in [0.29, 0.717) is 27.2 Å². The molecule has 2 amide bonds. The van der Waals surface area contributed by atoms with E-state index >= 15 is 0 Å². The van der Waals surface area contributed by atoms with Crippen LogP contribution in [0.4, 0.5) is 17.6 Å². The summed E-state index contributed by atoms with van der Waals surface area (Å²) in [7, 11) is 4.77. The Hall–Kier alpha value is -6.50. The monoisotopic (exact) mass is 936 g/mol. The highest BCUT2D eigenvalue weighted by molar-refractivity contribution is 9.11. The number of carbonyl (C=O) groups is 2. The third kappa shape index (κ3) is 10.3. The lowest BCUT2D eigenvalue weighted by molar-refractivity contribution is 0.0982. The van der Waals surface area contributed by atoms with Crippen molar-refractivity contribution in [1.82, 2.24) is 9.97 Å². The number of rotatable bonds is 14. The van der Waals surface area contributed by atoms with Crippen LogP contribution in [0.5, 0.6) is 28.7 Å². The van der Waals surface area contributed by atoms with E-state index in [1.165, 1.54) is 22.7 Å². The molecule has 11 nitrogen and oxygen atoms in total. The summed E-state index contributed by atoms with van der Waals surface area (Å²) >= 11 is 6.15. The average molecular weight is 938 g/mol. The van der Waals surface area contributed by atoms with Crippen molar-refractivity contribution in [3.63, 3.8) is 0 Å². The SMILES string of the molecule is COc1ccc(-c2nc(COc3ccc(F)c(C(N)=O)c3F)sc2-c2ccc(OC)cc2)cc1.COc1ccc(-c2nc(COc3ccc(F)c(C(N)=O)c3F)sc2Br)cc1. The number of ether oxygens (including phenoxy) is 5. The fourth-order valence-corrected chi connectivity index (χ4v) is 8.27. The summed E-state index contributed by atoms with van der Waals surface area (Å²) in [6, 6.07) is 26.4. The molecule has 61 heavy (non-hydrogen) atoms. The van der Waals surface area contributed by atoms with Crippen LogP contribution >= 0.6 is 38.6 Å². The Bertz CT molecular complexity index is 2620. The Kier molecular flexibility index (Phi) is 14.2. The largest absolute Gasteiger partial charge is 0.497 e. The Balaban J connectivity index is 0.000000210. The second kappa shape index (κ2) is 19.7. The first-order chi connectivity index (χ1) is 29.3. The van der Waals surface area contributed by atoms with Crippen molar-refractivity contribution in [2.75, 3.05) is 21.3 Å². The number of amides is 2. The molecule has 18 heteroatoms. The summed E-state index contributed by atoms with van der Waals surface area (Å²) in [6.45, 7) is -0.148. The molecular weight excluding hydrogens is 905 g/mol. The molecular formula is C43H33BrF4N4O7S2. The number of primary amides is 2. The summed E-state index contributed by atoms with van der Waals surface area (Å²) in [5, 5.41) is 1.12. The van der Waals surface area contributed by atoms with Crippen molar-refractivity contribution in [1.29, 1.82) is 0 Å².